The Balaban J connectivity index is 0.00000200. The molecule has 0 N–H and O–H groups in total. The van der Waals surface area contributed by atoms with Gasteiger partial charge in [-0.1, -0.05) is 16.8 Å². The van der Waals surface area contributed by atoms with Crippen LogP contribution in [0.25, 0.3) is 0 Å². The molecule has 0 fully saturated rings. The molecule has 1 aromatic heterocycles. The second-order valence-electron chi connectivity index (χ2n) is 3.52. The van der Waals surface area contributed by atoms with Gasteiger partial charge in [0, 0.05) is 5.02 Å². The van der Waals surface area contributed by atoms with Gasteiger partial charge in [0.15, 0.2) is 15.7 Å². The summed E-state index contributed by atoms with van der Waals surface area (Å²) in [5.74, 6) is -3.26. The number of nitrogens with zero attached hydrogens (tertiary/aromatic N) is 2. The average molecular weight is 341 g/mol. The van der Waals surface area contributed by atoms with Crippen LogP contribution in [-0.2, 0) is 15.6 Å². The van der Waals surface area contributed by atoms with Gasteiger partial charge in [-0.05, 0) is 24.3 Å². The first-order valence-corrected chi connectivity index (χ1v) is 6.94. The van der Waals surface area contributed by atoms with Crippen LogP contribution in [0.3, 0.4) is 0 Å². The molecule has 0 saturated carbocycles. The van der Waals surface area contributed by atoms with Gasteiger partial charge in [-0.3, -0.25) is 0 Å². The van der Waals surface area contributed by atoms with Crippen molar-refractivity contribution < 1.29 is 74.2 Å². The average Bonchev–Trinajstić information content (AvgIpc) is 2.77. The zero-order valence-corrected chi connectivity index (χ0v) is 14.9. The number of aromatic carboxylic acids is 1. The van der Waals surface area contributed by atoms with E-state index in [4.69, 9.17) is 11.6 Å². The zero-order valence-electron chi connectivity index (χ0n) is 10.2. The van der Waals surface area contributed by atoms with Crippen molar-refractivity contribution in [1.82, 2.24) is 10.1 Å². The van der Waals surface area contributed by atoms with Gasteiger partial charge < -0.3 is 14.4 Å². The molecule has 0 spiro atoms. The van der Waals surface area contributed by atoms with Gasteiger partial charge >= 0.3 is 51.4 Å². The van der Waals surface area contributed by atoms with Crippen molar-refractivity contribution >= 4 is 27.4 Å². The molecule has 0 atom stereocenters. The predicted molar refractivity (Wildman–Crippen MR) is 61.0 cm³/mol. The minimum atomic E-state index is -3.70. The van der Waals surface area contributed by atoms with E-state index < -0.39 is 27.5 Å². The number of carbonyl (C=O) groups is 1. The molecule has 100 valence electrons. The van der Waals surface area contributed by atoms with E-state index in [1.807, 2.05) is 0 Å². The molecule has 20 heavy (non-hydrogen) atoms. The molecule has 7 nitrogen and oxygen atoms in total. The largest absolute Gasteiger partial charge is 1.00 e. The van der Waals surface area contributed by atoms with Crippen LogP contribution in [0, 0.1) is 0 Å². The summed E-state index contributed by atoms with van der Waals surface area (Å²) >= 11 is 5.65. The molecule has 0 amide bonds. The van der Waals surface area contributed by atoms with Gasteiger partial charge in [-0.25, -0.2) is 8.42 Å². The first-order chi connectivity index (χ1) is 8.88. The number of halogens is 1. The minimum Gasteiger partial charge on any atom is -0.540 e. The van der Waals surface area contributed by atoms with Crippen LogP contribution in [0.5, 0.6) is 0 Å². The molecule has 0 aliphatic heterocycles. The maximum Gasteiger partial charge on any atom is 1.00 e. The third kappa shape index (κ3) is 4.35. The summed E-state index contributed by atoms with van der Waals surface area (Å²) in [4.78, 5) is 13.8. The summed E-state index contributed by atoms with van der Waals surface area (Å²) in [5, 5.41) is 14.1. The van der Waals surface area contributed by atoms with E-state index in [-0.39, 0.29) is 62.1 Å². The van der Waals surface area contributed by atoms with Crippen molar-refractivity contribution in [3.63, 3.8) is 0 Å². The fraction of sp³-hybridized carbons (Fsp3) is 0.100. The van der Waals surface area contributed by atoms with E-state index in [1.165, 1.54) is 24.3 Å². The number of rotatable bonds is 4. The molecular weight excluding hydrogens is 335 g/mol. The maximum atomic E-state index is 12.0. The fourth-order valence-electron chi connectivity index (χ4n) is 1.29. The van der Waals surface area contributed by atoms with E-state index in [1.54, 1.807) is 0 Å². The molecule has 2 rings (SSSR count). The topological polar surface area (TPSA) is 113 Å². The smallest absolute Gasteiger partial charge is 0.540 e. The van der Waals surface area contributed by atoms with E-state index in [9.17, 15) is 18.3 Å². The zero-order chi connectivity index (χ0) is 14.0. The molecule has 0 unspecified atom stereocenters. The summed E-state index contributed by atoms with van der Waals surface area (Å²) in [7, 11) is -3.70. The number of carboxylic acid groups (broad SMARTS) is 1. The molecule has 1 heterocycles. The Morgan fingerprint density at radius 1 is 1.30 bits per heavy atom. The van der Waals surface area contributed by atoms with Crippen molar-refractivity contribution in [2.45, 2.75) is 10.6 Å². The van der Waals surface area contributed by atoms with Gasteiger partial charge in [-0.2, -0.15) is 4.98 Å². The van der Waals surface area contributed by atoms with E-state index >= 15 is 0 Å². The third-order valence-corrected chi connectivity index (χ3v) is 4.02. The van der Waals surface area contributed by atoms with Gasteiger partial charge in [0.25, 0.3) is 5.89 Å². The monoisotopic (exact) mass is 340 g/mol. The van der Waals surface area contributed by atoms with Gasteiger partial charge in [0.2, 0.25) is 0 Å². The molecule has 10 heteroatoms. The van der Waals surface area contributed by atoms with Crippen molar-refractivity contribution in [1.29, 1.82) is 0 Å². The van der Waals surface area contributed by atoms with E-state index in [2.05, 4.69) is 14.7 Å². The summed E-state index contributed by atoms with van der Waals surface area (Å²) in [6, 6.07) is 5.52. The number of hydrogen-bond donors (Lipinski definition) is 0. The number of sulfone groups is 1. The summed E-state index contributed by atoms with van der Waals surface area (Å²) in [5.41, 5.74) is 0. The quantitative estimate of drug-likeness (QED) is 0.547. The first kappa shape index (κ1) is 17.8. The van der Waals surface area contributed by atoms with Crippen LogP contribution < -0.4 is 56.5 Å². The van der Waals surface area contributed by atoms with Crippen LogP contribution in [0.2, 0.25) is 5.02 Å². The van der Waals surface area contributed by atoms with Gasteiger partial charge in [0.05, 0.1) is 4.90 Å². The SMILES string of the molecule is O=C([O-])c1nc(CS(=O)(=O)c2ccc(Cl)cc2)no1.[K+]. The number of hydrogen-bond acceptors (Lipinski definition) is 7. The Morgan fingerprint density at radius 3 is 2.40 bits per heavy atom. The van der Waals surface area contributed by atoms with Gasteiger partial charge in [0.1, 0.15) is 11.7 Å². The maximum absolute atomic E-state index is 12.0. The summed E-state index contributed by atoms with van der Waals surface area (Å²) < 4.78 is 28.2. The molecule has 0 radical (unpaired) electrons. The standard InChI is InChI=1S/C10H7ClN2O5S.K/c11-6-1-3-7(4-2-6)19(16,17)5-8-12-9(10(14)15)18-13-8;/h1-4H,5H2,(H,14,15);/q;+1/p-1. The van der Waals surface area contributed by atoms with Crippen LogP contribution in [0.1, 0.15) is 16.5 Å². The molecule has 0 aliphatic rings. The minimum absolute atomic E-state index is 0. The van der Waals surface area contributed by atoms with Crippen LogP contribution >= 0.6 is 11.6 Å². The number of benzene rings is 1. The first-order valence-electron chi connectivity index (χ1n) is 4.91. The number of aromatic nitrogens is 2. The van der Waals surface area contributed by atoms with Crippen molar-refractivity contribution in [2.75, 3.05) is 0 Å². The van der Waals surface area contributed by atoms with Crippen LogP contribution in [0.15, 0.2) is 33.7 Å². The van der Waals surface area contributed by atoms with Crippen molar-refractivity contribution in [3.05, 3.63) is 41.0 Å². The molecule has 0 saturated heterocycles. The Labute approximate surface area is 161 Å². The van der Waals surface area contributed by atoms with E-state index in [0.29, 0.717) is 5.02 Å². The number of carbonyl (C=O) groups excluding carboxylic acids is 1. The van der Waals surface area contributed by atoms with Crippen molar-refractivity contribution in [3.8, 4) is 0 Å². The Morgan fingerprint density at radius 2 is 1.90 bits per heavy atom. The second kappa shape index (κ2) is 7.12. The van der Waals surface area contributed by atoms with Crippen LogP contribution in [-0.4, -0.2) is 24.5 Å². The fourth-order valence-corrected chi connectivity index (χ4v) is 2.59. The Kier molecular flexibility index (Phi) is 6.32. The third-order valence-electron chi connectivity index (χ3n) is 2.13. The summed E-state index contributed by atoms with van der Waals surface area (Å²) in [6.07, 6.45) is 0. The van der Waals surface area contributed by atoms with Crippen molar-refractivity contribution in [2.24, 2.45) is 0 Å². The second-order valence-corrected chi connectivity index (χ2v) is 5.94. The molecule has 0 bridgehead atoms. The Bertz CT molecular complexity index is 714. The number of carboxylic acids is 1. The van der Waals surface area contributed by atoms with E-state index in [0.717, 1.165) is 0 Å². The van der Waals surface area contributed by atoms with Gasteiger partial charge in [-0.15, -0.1) is 0 Å². The molecule has 0 aliphatic carbocycles. The molecule has 2 aromatic rings. The summed E-state index contributed by atoms with van der Waals surface area (Å²) in [6.45, 7) is 0. The molecule has 1 aromatic carbocycles. The molecular formula is C10H6ClKN2O5S. The normalized spacial score (nSPS) is 10.8. The Hall–Kier alpha value is -0.294. The predicted octanol–water partition coefficient (Wildman–Crippen LogP) is -2.94. The van der Waals surface area contributed by atoms with Crippen LogP contribution in [0.4, 0.5) is 0 Å².